The second kappa shape index (κ2) is 8.42. The molecule has 0 aliphatic rings. The molecule has 0 radical (unpaired) electrons. The molecule has 0 fully saturated rings. The third-order valence-electron chi connectivity index (χ3n) is 2.40. The molecular weight excluding hydrogens is 264 g/mol. The average molecular weight is 282 g/mol. The molecule has 0 aromatic carbocycles. The van der Waals surface area contributed by atoms with Crippen LogP contribution in [0.4, 0.5) is 0 Å². The summed E-state index contributed by atoms with van der Waals surface area (Å²) in [5.41, 5.74) is 0. The van der Waals surface area contributed by atoms with Crippen LogP contribution in [0.1, 0.15) is 17.0 Å². The Morgan fingerprint density at radius 1 is 1.58 bits per heavy atom. The van der Waals surface area contributed by atoms with Gasteiger partial charge in [-0.1, -0.05) is 6.08 Å². The highest BCUT2D eigenvalue weighted by molar-refractivity contribution is 7.98. The largest absolute Gasteiger partial charge is 0.459 e. The van der Waals surface area contributed by atoms with E-state index in [9.17, 15) is 9.59 Å². The van der Waals surface area contributed by atoms with Gasteiger partial charge in [-0.15, -0.1) is 6.58 Å². The van der Waals surface area contributed by atoms with E-state index in [1.54, 1.807) is 30.0 Å². The van der Waals surface area contributed by atoms with Crippen molar-refractivity contribution in [3.63, 3.8) is 0 Å². The second-order valence-electron chi connectivity index (χ2n) is 3.82. The molecule has 0 saturated carbocycles. The molecule has 0 saturated heterocycles. The van der Waals surface area contributed by atoms with E-state index in [1.807, 2.05) is 6.26 Å². The van der Waals surface area contributed by atoms with Gasteiger partial charge in [0.05, 0.1) is 6.26 Å². The zero-order chi connectivity index (χ0) is 14.1. The lowest BCUT2D eigenvalue weighted by Gasteiger charge is -2.16. The Hall–Kier alpha value is -1.69. The van der Waals surface area contributed by atoms with Crippen LogP contribution in [0.15, 0.2) is 35.5 Å². The van der Waals surface area contributed by atoms with Crippen LogP contribution in [0.2, 0.25) is 0 Å². The summed E-state index contributed by atoms with van der Waals surface area (Å²) in [5, 5.41) is 5.35. The first-order valence-electron chi connectivity index (χ1n) is 5.91. The molecule has 1 aromatic heterocycles. The van der Waals surface area contributed by atoms with Crippen molar-refractivity contribution in [2.24, 2.45) is 0 Å². The van der Waals surface area contributed by atoms with Gasteiger partial charge in [-0.25, -0.2) is 0 Å². The van der Waals surface area contributed by atoms with E-state index < -0.39 is 6.04 Å². The molecule has 0 bridgehead atoms. The van der Waals surface area contributed by atoms with Gasteiger partial charge < -0.3 is 15.1 Å². The monoisotopic (exact) mass is 282 g/mol. The molecule has 2 N–H and O–H groups in total. The maximum atomic E-state index is 11.9. The van der Waals surface area contributed by atoms with Gasteiger partial charge in [0.15, 0.2) is 5.76 Å². The van der Waals surface area contributed by atoms with E-state index in [1.165, 1.54) is 6.26 Å². The lowest BCUT2D eigenvalue weighted by Crippen LogP contribution is -2.47. The van der Waals surface area contributed by atoms with E-state index in [4.69, 9.17) is 4.42 Å². The van der Waals surface area contributed by atoms with Gasteiger partial charge in [0.2, 0.25) is 5.91 Å². The number of carbonyl (C=O) groups excluding carboxylic acids is 2. The van der Waals surface area contributed by atoms with Crippen LogP contribution in [0.3, 0.4) is 0 Å². The van der Waals surface area contributed by atoms with Crippen LogP contribution in [-0.4, -0.2) is 36.4 Å². The Balaban J connectivity index is 2.60. The third kappa shape index (κ3) is 5.21. The van der Waals surface area contributed by atoms with Crippen molar-refractivity contribution in [2.75, 3.05) is 18.6 Å². The SMILES string of the molecule is C=CCNC(=O)[C@H](CCSC)NC(=O)c1ccco1. The maximum absolute atomic E-state index is 11.9. The van der Waals surface area contributed by atoms with Crippen molar-refractivity contribution in [1.82, 2.24) is 10.6 Å². The Morgan fingerprint density at radius 2 is 2.37 bits per heavy atom. The maximum Gasteiger partial charge on any atom is 0.287 e. The fourth-order valence-corrected chi connectivity index (χ4v) is 1.91. The summed E-state index contributed by atoms with van der Waals surface area (Å²) in [7, 11) is 0. The second-order valence-corrected chi connectivity index (χ2v) is 4.80. The quantitative estimate of drug-likeness (QED) is 0.708. The summed E-state index contributed by atoms with van der Waals surface area (Å²) in [6.07, 6.45) is 5.53. The van der Waals surface area contributed by atoms with Crippen molar-refractivity contribution >= 4 is 23.6 Å². The fraction of sp³-hybridized carbons (Fsp3) is 0.385. The van der Waals surface area contributed by atoms with Crippen molar-refractivity contribution in [1.29, 1.82) is 0 Å². The number of carbonyl (C=O) groups is 2. The molecule has 19 heavy (non-hydrogen) atoms. The molecule has 2 amide bonds. The van der Waals surface area contributed by atoms with E-state index in [0.29, 0.717) is 13.0 Å². The van der Waals surface area contributed by atoms with Crippen LogP contribution in [0.5, 0.6) is 0 Å². The van der Waals surface area contributed by atoms with Crippen molar-refractivity contribution in [2.45, 2.75) is 12.5 Å². The van der Waals surface area contributed by atoms with Crippen molar-refractivity contribution in [3.8, 4) is 0 Å². The molecule has 1 aromatic rings. The molecule has 0 aliphatic carbocycles. The standard InChI is InChI=1S/C13H18N2O3S/c1-3-7-14-12(16)10(6-9-19-2)15-13(17)11-5-4-8-18-11/h3-5,8,10H,1,6-7,9H2,2H3,(H,14,16)(H,15,17)/t10-/m0/s1. The van der Waals surface area contributed by atoms with Gasteiger partial charge in [0.25, 0.3) is 5.91 Å². The number of thioether (sulfide) groups is 1. The number of amides is 2. The van der Waals surface area contributed by atoms with Gasteiger partial charge in [0.1, 0.15) is 6.04 Å². The van der Waals surface area contributed by atoms with Gasteiger partial charge >= 0.3 is 0 Å². The predicted molar refractivity (Wildman–Crippen MR) is 76.2 cm³/mol. The van der Waals surface area contributed by atoms with Crippen LogP contribution >= 0.6 is 11.8 Å². The van der Waals surface area contributed by atoms with E-state index in [2.05, 4.69) is 17.2 Å². The molecule has 1 heterocycles. The fourth-order valence-electron chi connectivity index (χ4n) is 1.44. The third-order valence-corrected chi connectivity index (χ3v) is 3.04. The summed E-state index contributed by atoms with van der Waals surface area (Å²) < 4.78 is 5.00. The van der Waals surface area contributed by atoms with Crippen molar-refractivity contribution in [3.05, 3.63) is 36.8 Å². The number of nitrogens with one attached hydrogen (secondary N) is 2. The molecule has 1 rings (SSSR count). The van der Waals surface area contributed by atoms with Gasteiger partial charge in [-0.3, -0.25) is 9.59 Å². The lowest BCUT2D eigenvalue weighted by atomic mass is 10.2. The van der Waals surface area contributed by atoms with Crippen LogP contribution in [0.25, 0.3) is 0 Å². The molecule has 0 spiro atoms. The molecule has 104 valence electrons. The van der Waals surface area contributed by atoms with Crippen LogP contribution < -0.4 is 10.6 Å². The van der Waals surface area contributed by atoms with Gasteiger partial charge in [-0.05, 0) is 30.6 Å². The molecule has 0 aliphatic heterocycles. The zero-order valence-corrected chi connectivity index (χ0v) is 11.7. The normalized spacial score (nSPS) is 11.6. The predicted octanol–water partition coefficient (Wildman–Crippen LogP) is 1.43. The van der Waals surface area contributed by atoms with E-state index in [0.717, 1.165) is 5.75 Å². The zero-order valence-electron chi connectivity index (χ0n) is 10.8. The van der Waals surface area contributed by atoms with Crippen LogP contribution in [-0.2, 0) is 4.79 Å². The summed E-state index contributed by atoms with van der Waals surface area (Å²) >= 11 is 1.62. The molecule has 5 nitrogen and oxygen atoms in total. The number of rotatable bonds is 8. The highest BCUT2D eigenvalue weighted by atomic mass is 32.2. The summed E-state index contributed by atoms with van der Waals surface area (Å²) in [4.78, 5) is 23.7. The Labute approximate surface area is 116 Å². The summed E-state index contributed by atoms with van der Waals surface area (Å²) in [6, 6.07) is 2.62. The minimum Gasteiger partial charge on any atom is -0.459 e. The molecular formula is C13H18N2O3S. The van der Waals surface area contributed by atoms with Gasteiger partial charge in [0, 0.05) is 6.54 Å². The minimum atomic E-state index is -0.565. The summed E-state index contributed by atoms with van der Waals surface area (Å²) in [5.74, 6) is 0.384. The minimum absolute atomic E-state index is 0.200. The smallest absolute Gasteiger partial charge is 0.287 e. The number of hydrogen-bond donors (Lipinski definition) is 2. The summed E-state index contributed by atoms with van der Waals surface area (Å²) in [6.45, 7) is 3.91. The average Bonchev–Trinajstić information content (AvgIpc) is 2.94. The molecule has 1 atom stereocenters. The number of hydrogen-bond acceptors (Lipinski definition) is 4. The Kier molecular flexibility index (Phi) is 6.81. The number of furan rings is 1. The van der Waals surface area contributed by atoms with Gasteiger partial charge in [-0.2, -0.15) is 11.8 Å². The molecule has 6 heteroatoms. The first kappa shape index (κ1) is 15.4. The Morgan fingerprint density at radius 3 is 2.95 bits per heavy atom. The highest BCUT2D eigenvalue weighted by Crippen LogP contribution is 2.04. The lowest BCUT2D eigenvalue weighted by molar-refractivity contribution is -0.122. The first-order valence-corrected chi connectivity index (χ1v) is 7.30. The van der Waals surface area contributed by atoms with Crippen molar-refractivity contribution < 1.29 is 14.0 Å². The molecule has 0 unspecified atom stereocenters. The topological polar surface area (TPSA) is 71.3 Å². The highest BCUT2D eigenvalue weighted by Gasteiger charge is 2.21. The Bertz CT molecular complexity index is 418. The van der Waals surface area contributed by atoms with E-state index >= 15 is 0 Å². The van der Waals surface area contributed by atoms with Crippen LogP contribution in [0, 0.1) is 0 Å². The first-order chi connectivity index (χ1) is 9.19. The van der Waals surface area contributed by atoms with E-state index in [-0.39, 0.29) is 17.6 Å².